The minimum atomic E-state index is 0.801. The third kappa shape index (κ3) is 2.90. The zero-order chi connectivity index (χ0) is 26.2. The van der Waals surface area contributed by atoms with Crippen molar-refractivity contribution in [3.63, 3.8) is 0 Å². The molecule has 0 N–H and O–H groups in total. The maximum absolute atomic E-state index is 6.62. The zero-order valence-corrected chi connectivity index (χ0v) is 21.3. The Morgan fingerprint density at radius 1 is 0.375 bits per heavy atom. The van der Waals surface area contributed by atoms with Gasteiger partial charge in [-0.2, -0.15) is 0 Å². The highest BCUT2D eigenvalue weighted by molar-refractivity contribution is 6.18. The van der Waals surface area contributed by atoms with Gasteiger partial charge in [-0.15, -0.1) is 0 Å². The van der Waals surface area contributed by atoms with Crippen molar-refractivity contribution in [3.8, 4) is 22.3 Å². The van der Waals surface area contributed by atoms with Crippen LogP contribution in [0.5, 0.6) is 0 Å². The van der Waals surface area contributed by atoms with E-state index in [0.717, 1.165) is 87.9 Å². The van der Waals surface area contributed by atoms with Crippen LogP contribution in [0.25, 0.3) is 87.9 Å². The van der Waals surface area contributed by atoms with E-state index in [4.69, 9.17) is 13.8 Å². The molecule has 0 aliphatic carbocycles. The number of hydrogen-bond acceptors (Lipinski definition) is 4. The molecular weight excluding hydrogens is 492 g/mol. The second-order valence-corrected chi connectivity index (χ2v) is 10.1. The zero-order valence-electron chi connectivity index (χ0n) is 21.3. The Morgan fingerprint density at radius 3 is 1.68 bits per heavy atom. The number of benzene rings is 5. The van der Waals surface area contributed by atoms with Gasteiger partial charge in [-0.05, 0) is 57.6 Å². The number of aromatic nitrogens is 2. The van der Waals surface area contributed by atoms with Gasteiger partial charge in [-0.1, -0.05) is 78.9 Å². The van der Waals surface area contributed by atoms with Crippen molar-refractivity contribution in [3.05, 3.63) is 122 Å². The minimum Gasteiger partial charge on any atom is -0.454 e. The quantitative estimate of drug-likeness (QED) is 0.231. The highest BCUT2D eigenvalue weighted by Crippen LogP contribution is 2.43. The standard InChI is InChI=1S/C36H20N2O2/c1-2-8-22-21(7-1)13-14-30-33-36(40-34(22)30)28(18-20-38-33)26-16-15-25(23-9-3-4-10-24(23)26)27-17-19-37-32-29-11-5-6-12-31(29)39-35(27)32/h1-20H. The number of hydrogen-bond donors (Lipinski definition) is 0. The molecule has 0 aliphatic heterocycles. The van der Waals surface area contributed by atoms with E-state index in [1.165, 1.54) is 0 Å². The van der Waals surface area contributed by atoms with Crippen molar-refractivity contribution in [2.45, 2.75) is 0 Å². The molecule has 0 saturated carbocycles. The second-order valence-electron chi connectivity index (χ2n) is 10.1. The predicted molar refractivity (Wildman–Crippen MR) is 162 cm³/mol. The molecule has 0 unspecified atom stereocenters. The first kappa shape index (κ1) is 21.5. The van der Waals surface area contributed by atoms with E-state index >= 15 is 0 Å². The van der Waals surface area contributed by atoms with E-state index in [2.05, 4.69) is 83.8 Å². The molecule has 5 aromatic carbocycles. The fourth-order valence-corrected chi connectivity index (χ4v) is 6.18. The van der Waals surface area contributed by atoms with Crippen molar-refractivity contribution < 1.29 is 8.83 Å². The van der Waals surface area contributed by atoms with Crippen LogP contribution in [-0.4, -0.2) is 9.97 Å². The van der Waals surface area contributed by atoms with Crippen LogP contribution >= 0.6 is 0 Å². The van der Waals surface area contributed by atoms with Gasteiger partial charge in [-0.25, -0.2) is 0 Å². The summed E-state index contributed by atoms with van der Waals surface area (Å²) < 4.78 is 13.0. The van der Waals surface area contributed by atoms with Gasteiger partial charge in [0.05, 0.1) is 0 Å². The van der Waals surface area contributed by atoms with E-state index in [9.17, 15) is 0 Å². The number of para-hydroxylation sites is 1. The lowest BCUT2D eigenvalue weighted by Gasteiger charge is -2.12. The molecule has 0 bridgehead atoms. The fourth-order valence-electron chi connectivity index (χ4n) is 6.18. The average molecular weight is 513 g/mol. The third-order valence-electron chi connectivity index (χ3n) is 8.01. The lowest BCUT2D eigenvalue weighted by atomic mass is 9.92. The summed E-state index contributed by atoms with van der Waals surface area (Å²) in [4.78, 5) is 9.41. The van der Waals surface area contributed by atoms with E-state index < -0.39 is 0 Å². The summed E-state index contributed by atoms with van der Waals surface area (Å²) in [7, 11) is 0. The molecule has 0 amide bonds. The molecular formula is C36H20N2O2. The maximum atomic E-state index is 6.62. The van der Waals surface area contributed by atoms with E-state index in [1.54, 1.807) is 0 Å². The summed E-state index contributed by atoms with van der Waals surface area (Å²) >= 11 is 0. The van der Waals surface area contributed by atoms with Crippen molar-refractivity contribution in [2.75, 3.05) is 0 Å². The molecule has 40 heavy (non-hydrogen) atoms. The molecule has 0 fully saturated rings. The Morgan fingerprint density at radius 2 is 0.950 bits per heavy atom. The summed E-state index contributed by atoms with van der Waals surface area (Å²) in [5, 5.41) is 6.58. The van der Waals surface area contributed by atoms with Crippen LogP contribution in [0.3, 0.4) is 0 Å². The molecule has 4 heteroatoms. The Balaban J connectivity index is 1.32. The molecule has 4 aromatic heterocycles. The van der Waals surface area contributed by atoms with Gasteiger partial charge >= 0.3 is 0 Å². The first-order chi connectivity index (χ1) is 19.8. The molecule has 186 valence electrons. The van der Waals surface area contributed by atoms with Gasteiger partial charge in [0.2, 0.25) is 0 Å². The van der Waals surface area contributed by atoms with Crippen LogP contribution in [0.15, 0.2) is 130 Å². The lowest BCUT2D eigenvalue weighted by Crippen LogP contribution is -1.88. The summed E-state index contributed by atoms with van der Waals surface area (Å²) in [6.07, 6.45) is 3.75. The number of fused-ring (bicyclic) bond motifs is 9. The Kier molecular flexibility index (Phi) is 4.30. The van der Waals surface area contributed by atoms with Gasteiger partial charge in [0, 0.05) is 39.7 Å². The van der Waals surface area contributed by atoms with Crippen LogP contribution < -0.4 is 0 Å². The normalized spacial score (nSPS) is 12.0. The van der Waals surface area contributed by atoms with Crippen molar-refractivity contribution in [1.29, 1.82) is 0 Å². The Bertz CT molecular complexity index is 2450. The molecule has 0 aliphatic rings. The van der Waals surface area contributed by atoms with Gasteiger partial charge in [0.15, 0.2) is 11.2 Å². The highest BCUT2D eigenvalue weighted by Gasteiger charge is 2.19. The van der Waals surface area contributed by atoms with E-state index in [0.29, 0.717) is 0 Å². The first-order valence-electron chi connectivity index (χ1n) is 13.3. The van der Waals surface area contributed by atoms with Crippen molar-refractivity contribution in [1.82, 2.24) is 9.97 Å². The highest BCUT2D eigenvalue weighted by atomic mass is 16.3. The molecule has 0 spiro atoms. The Hall–Kier alpha value is -5.48. The van der Waals surface area contributed by atoms with Crippen LogP contribution in [0, 0.1) is 0 Å². The SMILES string of the molecule is c1ccc2c(c1)ccc1c3nccc(-c4ccc(-c5ccnc6c5oc5ccccc56)c5ccccc45)c3oc21. The predicted octanol–water partition coefficient (Wildman–Crippen LogP) is 9.92. The third-order valence-corrected chi connectivity index (χ3v) is 8.01. The molecule has 9 aromatic rings. The van der Waals surface area contributed by atoms with E-state index in [1.807, 2.05) is 42.7 Å². The number of furan rings is 2. The van der Waals surface area contributed by atoms with Crippen LogP contribution in [0.1, 0.15) is 0 Å². The van der Waals surface area contributed by atoms with Crippen LogP contribution in [0.2, 0.25) is 0 Å². The molecule has 0 atom stereocenters. The van der Waals surface area contributed by atoms with Crippen molar-refractivity contribution >= 4 is 65.7 Å². The largest absolute Gasteiger partial charge is 0.454 e. The van der Waals surface area contributed by atoms with Gasteiger partial charge in [0.25, 0.3) is 0 Å². The molecule has 4 nitrogen and oxygen atoms in total. The maximum Gasteiger partial charge on any atom is 0.161 e. The summed E-state index contributed by atoms with van der Waals surface area (Å²) in [5.41, 5.74) is 9.34. The topological polar surface area (TPSA) is 52.1 Å². The minimum absolute atomic E-state index is 0.801. The van der Waals surface area contributed by atoms with Crippen molar-refractivity contribution in [2.24, 2.45) is 0 Å². The molecule has 4 heterocycles. The van der Waals surface area contributed by atoms with Gasteiger partial charge in [-0.3, -0.25) is 9.97 Å². The fraction of sp³-hybridized carbons (Fsp3) is 0. The number of pyridine rings is 2. The Labute approximate surface area is 228 Å². The smallest absolute Gasteiger partial charge is 0.161 e. The van der Waals surface area contributed by atoms with Gasteiger partial charge < -0.3 is 8.83 Å². The van der Waals surface area contributed by atoms with Crippen LogP contribution in [0.4, 0.5) is 0 Å². The molecule has 0 radical (unpaired) electrons. The summed E-state index contributed by atoms with van der Waals surface area (Å²) in [5.74, 6) is 0. The van der Waals surface area contributed by atoms with E-state index in [-0.39, 0.29) is 0 Å². The molecule has 9 rings (SSSR count). The second kappa shape index (κ2) is 8.01. The van der Waals surface area contributed by atoms with Gasteiger partial charge in [0.1, 0.15) is 22.2 Å². The van der Waals surface area contributed by atoms with Crippen LogP contribution in [-0.2, 0) is 0 Å². The first-order valence-corrected chi connectivity index (χ1v) is 13.3. The summed E-state index contributed by atoms with van der Waals surface area (Å²) in [6, 6.07) is 37.6. The average Bonchev–Trinajstić information content (AvgIpc) is 3.60. The molecule has 0 saturated heterocycles. The lowest BCUT2D eigenvalue weighted by molar-refractivity contribution is 0.669. The summed E-state index contributed by atoms with van der Waals surface area (Å²) in [6.45, 7) is 0. The number of rotatable bonds is 2. The number of nitrogens with zero attached hydrogens (tertiary/aromatic N) is 2. The monoisotopic (exact) mass is 512 g/mol.